The second kappa shape index (κ2) is 7.90. The lowest BCUT2D eigenvalue weighted by molar-refractivity contribution is 0.307. The predicted molar refractivity (Wildman–Crippen MR) is 117 cm³/mol. The van der Waals surface area contributed by atoms with Crippen LogP contribution in [0, 0.1) is 6.92 Å². The summed E-state index contributed by atoms with van der Waals surface area (Å²) in [5, 5.41) is 10.5. The third-order valence-corrected chi connectivity index (χ3v) is 5.37. The van der Waals surface area contributed by atoms with Gasteiger partial charge >= 0.3 is 0 Å². The SMILES string of the molecule is CSc1ccc(-c2nnc(N)c3ccc(C)cc23)c(OCc2ccccc2)c1. The summed E-state index contributed by atoms with van der Waals surface area (Å²) in [7, 11) is 0. The standard InChI is InChI=1S/C23H21N3OS/c1-15-8-10-18-20(12-15)22(25-26-23(18)24)19-11-9-17(28-2)13-21(19)27-14-16-6-4-3-5-7-16/h3-13H,14H2,1-2H3,(H2,24,26). The number of nitrogens with two attached hydrogens (primary N) is 1. The van der Waals surface area contributed by atoms with Gasteiger partial charge in [-0.2, -0.15) is 0 Å². The highest BCUT2D eigenvalue weighted by molar-refractivity contribution is 7.98. The molecule has 0 aliphatic carbocycles. The Kier molecular flexibility index (Phi) is 5.17. The summed E-state index contributed by atoms with van der Waals surface area (Å²) in [6.07, 6.45) is 2.05. The number of anilines is 1. The first-order valence-corrected chi connectivity index (χ1v) is 10.3. The average Bonchev–Trinajstić information content (AvgIpc) is 2.73. The molecule has 0 amide bonds. The van der Waals surface area contributed by atoms with E-state index in [4.69, 9.17) is 10.5 Å². The predicted octanol–water partition coefficient (Wildman–Crippen LogP) is 5.49. The molecule has 140 valence electrons. The molecule has 2 N–H and O–H groups in total. The molecular formula is C23H21N3OS. The molecule has 0 spiro atoms. The van der Waals surface area contributed by atoms with Crippen LogP contribution in [0.25, 0.3) is 22.0 Å². The third-order valence-electron chi connectivity index (χ3n) is 4.64. The molecule has 0 aliphatic heterocycles. The highest BCUT2D eigenvalue weighted by Crippen LogP contribution is 2.37. The van der Waals surface area contributed by atoms with Gasteiger partial charge in [0.05, 0.1) is 0 Å². The minimum Gasteiger partial charge on any atom is -0.488 e. The Bertz CT molecular complexity index is 1130. The van der Waals surface area contributed by atoms with Crippen LogP contribution in [0.5, 0.6) is 5.75 Å². The number of aromatic nitrogens is 2. The van der Waals surface area contributed by atoms with Gasteiger partial charge in [0, 0.05) is 21.2 Å². The van der Waals surface area contributed by atoms with E-state index in [2.05, 4.69) is 53.7 Å². The smallest absolute Gasteiger partial charge is 0.154 e. The first-order valence-electron chi connectivity index (χ1n) is 9.03. The Balaban J connectivity index is 1.82. The highest BCUT2D eigenvalue weighted by Gasteiger charge is 2.15. The number of aryl methyl sites for hydroxylation is 1. The fourth-order valence-electron chi connectivity index (χ4n) is 3.17. The topological polar surface area (TPSA) is 61.0 Å². The number of fused-ring (bicyclic) bond motifs is 1. The van der Waals surface area contributed by atoms with Crippen molar-refractivity contribution in [2.75, 3.05) is 12.0 Å². The number of nitrogens with zero attached hydrogens (tertiary/aromatic N) is 2. The molecular weight excluding hydrogens is 366 g/mol. The van der Waals surface area contributed by atoms with Gasteiger partial charge in [0.1, 0.15) is 18.1 Å². The lowest BCUT2D eigenvalue weighted by atomic mass is 10.0. The highest BCUT2D eigenvalue weighted by atomic mass is 32.2. The van der Waals surface area contributed by atoms with Gasteiger partial charge in [0.25, 0.3) is 0 Å². The average molecular weight is 388 g/mol. The lowest BCUT2D eigenvalue weighted by Crippen LogP contribution is -2.01. The van der Waals surface area contributed by atoms with E-state index in [0.717, 1.165) is 43.8 Å². The summed E-state index contributed by atoms with van der Waals surface area (Å²) in [4.78, 5) is 1.13. The Morgan fingerprint density at radius 3 is 2.54 bits per heavy atom. The number of rotatable bonds is 5. The molecule has 5 heteroatoms. The number of hydrogen-bond acceptors (Lipinski definition) is 5. The van der Waals surface area contributed by atoms with E-state index in [1.165, 1.54) is 0 Å². The van der Waals surface area contributed by atoms with Crippen LogP contribution in [0.2, 0.25) is 0 Å². The Morgan fingerprint density at radius 2 is 1.75 bits per heavy atom. The maximum absolute atomic E-state index is 6.22. The summed E-state index contributed by atoms with van der Waals surface area (Å²) < 4.78 is 6.22. The van der Waals surface area contributed by atoms with Crippen molar-refractivity contribution < 1.29 is 4.74 Å². The summed E-state index contributed by atoms with van der Waals surface area (Å²) in [6.45, 7) is 2.55. The van der Waals surface area contributed by atoms with Crippen molar-refractivity contribution in [3.8, 4) is 17.0 Å². The van der Waals surface area contributed by atoms with Crippen LogP contribution < -0.4 is 10.5 Å². The molecule has 0 aliphatic rings. The van der Waals surface area contributed by atoms with Crippen LogP contribution in [0.4, 0.5) is 5.82 Å². The minimum absolute atomic E-state index is 0.436. The molecule has 1 aromatic heterocycles. The zero-order valence-corrected chi connectivity index (χ0v) is 16.7. The molecule has 28 heavy (non-hydrogen) atoms. The first kappa shape index (κ1) is 18.3. The van der Waals surface area contributed by atoms with Crippen molar-refractivity contribution in [3.05, 3.63) is 77.9 Å². The number of thioether (sulfide) groups is 1. The van der Waals surface area contributed by atoms with Gasteiger partial charge in [-0.15, -0.1) is 22.0 Å². The molecule has 0 bridgehead atoms. The van der Waals surface area contributed by atoms with Crippen molar-refractivity contribution in [3.63, 3.8) is 0 Å². The van der Waals surface area contributed by atoms with E-state index in [1.807, 2.05) is 36.4 Å². The quantitative estimate of drug-likeness (QED) is 0.459. The fourth-order valence-corrected chi connectivity index (χ4v) is 3.60. The van der Waals surface area contributed by atoms with Crippen molar-refractivity contribution in [2.24, 2.45) is 0 Å². The summed E-state index contributed by atoms with van der Waals surface area (Å²) >= 11 is 1.68. The number of hydrogen-bond donors (Lipinski definition) is 1. The van der Waals surface area contributed by atoms with Crippen LogP contribution in [0.15, 0.2) is 71.6 Å². The molecule has 4 rings (SSSR count). The lowest BCUT2D eigenvalue weighted by Gasteiger charge is -2.14. The zero-order chi connectivity index (χ0) is 19.5. The van der Waals surface area contributed by atoms with Crippen LogP contribution in [-0.4, -0.2) is 16.5 Å². The maximum atomic E-state index is 6.22. The van der Waals surface area contributed by atoms with Crippen LogP contribution in [0.3, 0.4) is 0 Å². The van der Waals surface area contributed by atoms with Crippen molar-refractivity contribution in [1.82, 2.24) is 10.2 Å². The largest absolute Gasteiger partial charge is 0.488 e. The van der Waals surface area contributed by atoms with Gasteiger partial charge in [-0.3, -0.25) is 0 Å². The summed E-state index contributed by atoms with van der Waals surface area (Å²) in [5.74, 6) is 1.23. The number of ether oxygens (including phenoxy) is 1. The van der Waals surface area contributed by atoms with Crippen molar-refractivity contribution in [2.45, 2.75) is 18.4 Å². The summed E-state index contributed by atoms with van der Waals surface area (Å²) in [5.41, 5.74) is 10.0. The van der Waals surface area contributed by atoms with Gasteiger partial charge in [0.15, 0.2) is 5.82 Å². The van der Waals surface area contributed by atoms with E-state index in [9.17, 15) is 0 Å². The Labute approximate surface area is 168 Å². The van der Waals surface area contributed by atoms with Crippen LogP contribution in [-0.2, 0) is 6.61 Å². The van der Waals surface area contributed by atoms with E-state index in [0.29, 0.717) is 12.4 Å². The van der Waals surface area contributed by atoms with Gasteiger partial charge < -0.3 is 10.5 Å². The maximum Gasteiger partial charge on any atom is 0.154 e. The van der Waals surface area contributed by atoms with Gasteiger partial charge in [-0.25, -0.2) is 0 Å². The zero-order valence-electron chi connectivity index (χ0n) is 15.8. The Morgan fingerprint density at radius 1 is 0.929 bits per heavy atom. The second-order valence-corrected chi connectivity index (χ2v) is 7.50. The Hall–Kier alpha value is -3.05. The van der Waals surface area contributed by atoms with E-state index in [1.54, 1.807) is 11.8 Å². The fraction of sp³-hybridized carbons (Fsp3) is 0.130. The minimum atomic E-state index is 0.436. The third kappa shape index (κ3) is 3.66. The molecule has 0 saturated carbocycles. The molecule has 3 aromatic carbocycles. The van der Waals surface area contributed by atoms with Gasteiger partial charge in [-0.1, -0.05) is 48.0 Å². The molecule has 0 unspecified atom stereocenters. The molecule has 0 fully saturated rings. The monoisotopic (exact) mass is 387 g/mol. The van der Waals surface area contributed by atoms with Gasteiger partial charge in [-0.05, 0) is 43.0 Å². The second-order valence-electron chi connectivity index (χ2n) is 6.62. The van der Waals surface area contributed by atoms with E-state index < -0.39 is 0 Å². The molecule has 0 radical (unpaired) electrons. The molecule has 4 aromatic rings. The van der Waals surface area contributed by atoms with Crippen LogP contribution in [0.1, 0.15) is 11.1 Å². The normalized spacial score (nSPS) is 10.9. The summed E-state index contributed by atoms with van der Waals surface area (Å²) in [6, 6.07) is 22.5. The molecule has 4 nitrogen and oxygen atoms in total. The van der Waals surface area contributed by atoms with E-state index >= 15 is 0 Å². The molecule has 1 heterocycles. The molecule has 0 atom stereocenters. The van der Waals surface area contributed by atoms with Crippen molar-refractivity contribution in [1.29, 1.82) is 0 Å². The van der Waals surface area contributed by atoms with Gasteiger partial charge in [0.2, 0.25) is 0 Å². The van der Waals surface area contributed by atoms with E-state index in [-0.39, 0.29) is 0 Å². The van der Waals surface area contributed by atoms with Crippen LogP contribution >= 0.6 is 11.8 Å². The number of benzene rings is 3. The van der Waals surface area contributed by atoms with Crippen molar-refractivity contribution >= 4 is 28.4 Å². The number of nitrogen functional groups attached to an aromatic ring is 1. The first-order chi connectivity index (χ1) is 13.7. The molecule has 0 saturated heterocycles.